The molecule has 2 rings (SSSR count). The Morgan fingerprint density at radius 2 is 2.24 bits per heavy atom. The smallest absolute Gasteiger partial charge is 0.0246 e. The van der Waals surface area contributed by atoms with Crippen molar-refractivity contribution in [3.8, 4) is 0 Å². The summed E-state index contributed by atoms with van der Waals surface area (Å²) in [4.78, 5) is 2.61. The third kappa shape index (κ3) is 4.34. The normalized spacial score (nSPS) is 30.8. The van der Waals surface area contributed by atoms with Crippen molar-refractivity contribution in [2.24, 2.45) is 5.92 Å². The molecular weight excluding hydrogens is 232 g/mol. The third-order valence-electron chi connectivity index (χ3n) is 4.10. The minimum atomic E-state index is -0.642. The number of hydrogen-bond acceptors (Lipinski definition) is 3. The predicted molar refractivity (Wildman–Crippen MR) is 73.7 cm³/mol. The van der Waals surface area contributed by atoms with Gasteiger partial charge in [-0.25, -0.2) is 0 Å². The lowest BCUT2D eigenvalue weighted by Gasteiger charge is -2.30. The number of rotatable bonds is 5. The molecule has 2 fully saturated rings. The fourth-order valence-electron chi connectivity index (χ4n) is 2.71. The zero-order chi connectivity index (χ0) is 12.3. The Morgan fingerprint density at radius 3 is 2.88 bits per heavy atom. The van der Waals surface area contributed by atoms with E-state index in [-0.39, 0.29) is 0 Å². The topological polar surface area (TPSA) is 32.3 Å². The number of nitrogens with one attached hydrogen (secondary N) is 1. The van der Waals surface area contributed by atoms with Crippen molar-refractivity contribution in [2.45, 2.75) is 44.7 Å². The first kappa shape index (κ1) is 13.5. The van der Waals surface area contributed by atoms with Crippen molar-refractivity contribution in [2.75, 3.05) is 31.6 Å². The summed E-state index contributed by atoms with van der Waals surface area (Å²) < 4.78 is 11.2. The molecule has 0 amide bonds. The molecule has 3 atom stereocenters. The summed E-state index contributed by atoms with van der Waals surface area (Å²) in [6.45, 7) is 5.86. The molecule has 0 bridgehead atoms. The van der Waals surface area contributed by atoms with Crippen LogP contribution in [0, 0.1) is 5.92 Å². The predicted octanol–water partition coefficient (Wildman–Crippen LogP) is 1.22. The van der Waals surface area contributed by atoms with Gasteiger partial charge >= 0.3 is 0 Å². The highest BCUT2D eigenvalue weighted by atomic mass is 32.2. The van der Waals surface area contributed by atoms with E-state index in [4.69, 9.17) is 0 Å². The highest BCUT2D eigenvalue weighted by molar-refractivity contribution is 7.84. The molecule has 4 heteroatoms. The van der Waals surface area contributed by atoms with Crippen molar-refractivity contribution in [1.82, 2.24) is 10.2 Å². The first-order valence-corrected chi connectivity index (χ1v) is 8.67. The monoisotopic (exact) mass is 258 g/mol. The summed E-state index contributed by atoms with van der Waals surface area (Å²) in [5.74, 6) is 1.78. The van der Waals surface area contributed by atoms with Gasteiger partial charge in [-0.15, -0.1) is 0 Å². The van der Waals surface area contributed by atoms with Crippen LogP contribution >= 0.6 is 0 Å². The summed E-state index contributed by atoms with van der Waals surface area (Å²) in [5, 5.41) is 3.69. The molecule has 1 aliphatic carbocycles. The Morgan fingerprint density at radius 1 is 1.47 bits per heavy atom. The van der Waals surface area contributed by atoms with Gasteiger partial charge in [0.05, 0.1) is 0 Å². The molecule has 0 spiro atoms. The maximum Gasteiger partial charge on any atom is 0.0246 e. The van der Waals surface area contributed by atoms with E-state index < -0.39 is 10.8 Å². The summed E-state index contributed by atoms with van der Waals surface area (Å²) >= 11 is 0. The Bertz CT molecular complexity index is 268. The first-order valence-electron chi connectivity index (χ1n) is 6.94. The van der Waals surface area contributed by atoms with E-state index >= 15 is 0 Å². The largest absolute Gasteiger partial charge is 0.312 e. The molecule has 0 aromatic carbocycles. The summed E-state index contributed by atoms with van der Waals surface area (Å²) in [6, 6.07) is 1.30. The Hall–Kier alpha value is 0.0700. The van der Waals surface area contributed by atoms with Gasteiger partial charge in [0.2, 0.25) is 0 Å². The number of hydrogen-bond donors (Lipinski definition) is 1. The SMILES string of the molecule is CC(CCS(C)=O)N1CCCNC(C2CC2)C1. The van der Waals surface area contributed by atoms with Crippen molar-refractivity contribution >= 4 is 10.8 Å². The maximum absolute atomic E-state index is 11.2. The van der Waals surface area contributed by atoms with E-state index in [1.165, 1.54) is 38.9 Å². The quantitative estimate of drug-likeness (QED) is 0.805. The molecule has 0 radical (unpaired) electrons. The number of nitrogens with zero attached hydrogens (tertiary/aromatic N) is 1. The summed E-state index contributed by atoms with van der Waals surface area (Å²) in [7, 11) is -0.642. The fourth-order valence-corrected chi connectivity index (χ4v) is 3.38. The van der Waals surface area contributed by atoms with Gasteiger partial charge in [-0.1, -0.05) is 0 Å². The molecule has 1 aliphatic heterocycles. The zero-order valence-corrected chi connectivity index (χ0v) is 12.0. The van der Waals surface area contributed by atoms with Crippen molar-refractivity contribution in [3.63, 3.8) is 0 Å². The van der Waals surface area contributed by atoms with Gasteiger partial charge < -0.3 is 5.32 Å². The van der Waals surface area contributed by atoms with Gasteiger partial charge in [0.25, 0.3) is 0 Å². The van der Waals surface area contributed by atoms with Crippen LogP contribution in [0.3, 0.4) is 0 Å². The highest BCUT2D eigenvalue weighted by Crippen LogP contribution is 2.33. The van der Waals surface area contributed by atoms with Crippen LogP contribution in [0.4, 0.5) is 0 Å². The molecule has 1 heterocycles. The van der Waals surface area contributed by atoms with Crippen molar-refractivity contribution < 1.29 is 4.21 Å². The van der Waals surface area contributed by atoms with Gasteiger partial charge in [0.15, 0.2) is 0 Å². The highest BCUT2D eigenvalue weighted by Gasteiger charge is 2.33. The molecule has 1 N–H and O–H groups in total. The molecule has 3 unspecified atom stereocenters. The molecule has 0 aromatic heterocycles. The van der Waals surface area contributed by atoms with E-state index in [1.807, 2.05) is 6.26 Å². The lowest BCUT2D eigenvalue weighted by molar-refractivity contribution is 0.195. The zero-order valence-electron chi connectivity index (χ0n) is 11.2. The Balaban J connectivity index is 1.82. The molecule has 1 saturated heterocycles. The van der Waals surface area contributed by atoms with Gasteiger partial charge in [-0.3, -0.25) is 9.11 Å². The molecule has 1 saturated carbocycles. The van der Waals surface area contributed by atoms with Crippen LogP contribution in [0.15, 0.2) is 0 Å². The fraction of sp³-hybridized carbons (Fsp3) is 1.00. The molecule has 3 nitrogen and oxygen atoms in total. The molecule has 0 aromatic rings. The third-order valence-corrected chi connectivity index (χ3v) is 4.91. The maximum atomic E-state index is 11.2. The standard InChI is InChI=1S/C13H26N2OS/c1-11(6-9-17(2)16)15-8-3-7-14-13(10-15)12-4-5-12/h11-14H,3-10H2,1-2H3. The van der Waals surface area contributed by atoms with Crippen molar-refractivity contribution in [1.29, 1.82) is 0 Å². The second-order valence-corrected chi connectivity index (χ2v) is 7.22. The van der Waals surface area contributed by atoms with Gasteiger partial charge in [0, 0.05) is 41.4 Å². The van der Waals surface area contributed by atoms with Gasteiger partial charge in [0.1, 0.15) is 0 Å². The molecule has 100 valence electrons. The summed E-state index contributed by atoms with van der Waals surface area (Å²) in [6.07, 6.45) is 6.96. The molecule has 2 aliphatic rings. The Kier molecular flexibility index (Phi) is 5.00. The second-order valence-electron chi connectivity index (χ2n) is 5.66. The van der Waals surface area contributed by atoms with Gasteiger partial charge in [-0.05, 0) is 51.6 Å². The van der Waals surface area contributed by atoms with Crippen LogP contribution in [0.1, 0.15) is 32.6 Å². The molecular formula is C13H26N2OS. The van der Waals surface area contributed by atoms with Crippen LogP contribution in [-0.4, -0.2) is 52.8 Å². The average molecular weight is 258 g/mol. The van der Waals surface area contributed by atoms with Crippen LogP contribution in [-0.2, 0) is 10.8 Å². The second kappa shape index (κ2) is 6.30. The van der Waals surface area contributed by atoms with Crippen LogP contribution in [0.2, 0.25) is 0 Å². The van der Waals surface area contributed by atoms with E-state index in [0.717, 1.165) is 18.1 Å². The van der Waals surface area contributed by atoms with Gasteiger partial charge in [-0.2, -0.15) is 0 Å². The van der Waals surface area contributed by atoms with Crippen LogP contribution < -0.4 is 5.32 Å². The summed E-state index contributed by atoms with van der Waals surface area (Å²) in [5.41, 5.74) is 0. The first-order chi connectivity index (χ1) is 8.16. The molecule has 17 heavy (non-hydrogen) atoms. The average Bonchev–Trinajstić information content (AvgIpc) is 3.10. The lowest BCUT2D eigenvalue weighted by atomic mass is 10.1. The van der Waals surface area contributed by atoms with E-state index in [0.29, 0.717) is 12.1 Å². The van der Waals surface area contributed by atoms with E-state index in [1.54, 1.807) is 0 Å². The Labute approximate surface area is 108 Å². The van der Waals surface area contributed by atoms with Crippen LogP contribution in [0.25, 0.3) is 0 Å². The van der Waals surface area contributed by atoms with Crippen molar-refractivity contribution in [3.05, 3.63) is 0 Å². The minimum Gasteiger partial charge on any atom is -0.312 e. The lowest BCUT2D eigenvalue weighted by Crippen LogP contribution is -2.43. The van der Waals surface area contributed by atoms with Crippen LogP contribution in [0.5, 0.6) is 0 Å². The van der Waals surface area contributed by atoms with E-state index in [2.05, 4.69) is 17.1 Å². The van der Waals surface area contributed by atoms with E-state index in [9.17, 15) is 4.21 Å². The minimum absolute atomic E-state index is 0.583.